The minimum absolute atomic E-state index is 1.26. The molecule has 7 aromatic carbocycles. The van der Waals surface area contributed by atoms with Gasteiger partial charge in [-0.05, 0) is 61.1 Å². The van der Waals surface area contributed by atoms with Gasteiger partial charge in [0.15, 0.2) is 0 Å². The average Bonchev–Trinajstić information content (AvgIpc) is 3.33. The molecule has 37 heavy (non-hydrogen) atoms. The first-order chi connectivity index (χ1) is 18.4. The third kappa shape index (κ3) is 3.08. The monoisotopic (exact) mass is 486 g/mol. The molecule has 0 saturated carbocycles. The third-order valence-corrected chi connectivity index (χ3v) is 8.83. The van der Waals surface area contributed by atoms with Crippen LogP contribution in [0.4, 0.5) is 0 Å². The maximum Gasteiger partial charge on any atom is 0.0434 e. The van der Waals surface area contributed by atoms with Crippen molar-refractivity contribution in [1.29, 1.82) is 0 Å². The molecular weight excluding hydrogens is 464 g/mol. The molecular formula is C36H22S. The van der Waals surface area contributed by atoms with Gasteiger partial charge in [0.05, 0.1) is 0 Å². The summed E-state index contributed by atoms with van der Waals surface area (Å²) < 4.78 is 2.70. The number of thiophene rings is 1. The molecule has 1 aromatic heterocycles. The number of hydrogen-bond donors (Lipinski definition) is 0. The van der Waals surface area contributed by atoms with E-state index in [1.165, 1.54) is 74.7 Å². The van der Waals surface area contributed by atoms with Crippen molar-refractivity contribution in [1.82, 2.24) is 0 Å². The van der Waals surface area contributed by atoms with Crippen molar-refractivity contribution in [2.75, 3.05) is 0 Å². The van der Waals surface area contributed by atoms with Gasteiger partial charge in [0.2, 0.25) is 0 Å². The Morgan fingerprint density at radius 3 is 1.59 bits per heavy atom. The first kappa shape index (κ1) is 20.7. The van der Waals surface area contributed by atoms with E-state index in [0.29, 0.717) is 0 Å². The normalized spacial score (nSPS) is 11.8. The Morgan fingerprint density at radius 1 is 0.378 bits per heavy atom. The molecule has 0 amide bonds. The first-order valence-electron chi connectivity index (χ1n) is 12.7. The Bertz CT molecular complexity index is 2070. The van der Waals surface area contributed by atoms with Gasteiger partial charge < -0.3 is 0 Å². The quantitative estimate of drug-likeness (QED) is 0.213. The molecule has 8 rings (SSSR count). The highest BCUT2D eigenvalue weighted by molar-refractivity contribution is 7.26. The molecule has 0 bridgehead atoms. The highest BCUT2D eigenvalue weighted by Crippen LogP contribution is 2.48. The lowest BCUT2D eigenvalue weighted by atomic mass is 9.86. The van der Waals surface area contributed by atoms with Crippen LogP contribution in [0.15, 0.2) is 133 Å². The van der Waals surface area contributed by atoms with Gasteiger partial charge in [-0.25, -0.2) is 0 Å². The fourth-order valence-electron chi connectivity index (χ4n) is 6.01. The van der Waals surface area contributed by atoms with Crippen molar-refractivity contribution in [3.8, 4) is 22.3 Å². The van der Waals surface area contributed by atoms with Crippen molar-refractivity contribution >= 4 is 63.8 Å². The predicted octanol–water partition coefficient (Wildman–Crippen LogP) is 10.8. The van der Waals surface area contributed by atoms with E-state index < -0.39 is 0 Å². The molecule has 0 nitrogen and oxygen atoms in total. The summed E-state index contributed by atoms with van der Waals surface area (Å²) in [5.74, 6) is 0. The summed E-state index contributed by atoms with van der Waals surface area (Å²) in [4.78, 5) is 0. The highest BCUT2D eigenvalue weighted by Gasteiger charge is 2.19. The fourth-order valence-corrected chi connectivity index (χ4v) is 7.27. The maximum atomic E-state index is 2.36. The summed E-state index contributed by atoms with van der Waals surface area (Å²) in [6.07, 6.45) is 0. The zero-order valence-corrected chi connectivity index (χ0v) is 20.9. The largest absolute Gasteiger partial charge is 0.135 e. The number of fused-ring (bicyclic) bond motifs is 6. The minimum atomic E-state index is 1.26. The van der Waals surface area contributed by atoms with E-state index in [9.17, 15) is 0 Å². The third-order valence-electron chi connectivity index (χ3n) is 7.63. The second-order valence-corrected chi connectivity index (χ2v) is 10.7. The van der Waals surface area contributed by atoms with Crippen LogP contribution >= 0.6 is 11.3 Å². The number of benzene rings is 7. The van der Waals surface area contributed by atoms with Gasteiger partial charge in [-0.15, -0.1) is 11.3 Å². The Labute approximate surface area is 219 Å². The molecule has 0 aliphatic rings. The van der Waals surface area contributed by atoms with E-state index in [-0.39, 0.29) is 0 Å². The molecule has 0 saturated heterocycles. The van der Waals surface area contributed by atoms with E-state index in [0.717, 1.165) is 0 Å². The van der Waals surface area contributed by atoms with Crippen LogP contribution in [0.1, 0.15) is 0 Å². The van der Waals surface area contributed by atoms with Crippen LogP contribution < -0.4 is 0 Å². The van der Waals surface area contributed by atoms with Gasteiger partial charge in [-0.3, -0.25) is 0 Å². The van der Waals surface area contributed by atoms with Gasteiger partial charge in [-0.1, -0.05) is 121 Å². The van der Waals surface area contributed by atoms with Crippen molar-refractivity contribution in [3.63, 3.8) is 0 Å². The van der Waals surface area contributed by atoms with Crippen LogP contribution in [0, 0.1) is 0 Å². The Balaban J connectivity index is 1.54. The van der Waals surface area contributed by atoms with Crippen LogP contribution in [0.2, 0.25) is 0 Å². The lowest BCUT2D eigenvalue weighted by Gasteiger charge is -2.18. The van der Waals surface area contributed by atoms with E-state index in [2.05, 4.69) is 133 Å². The highest BCUT2D eigenvalue weighted by atomic mass is 32.1. The smallest absolute Gasteiger partial charge is 0.0434 e. The van der Waals surface area contributed by atoms with Crippen LogP contribution in [0.25, 0.3) is 74.7 Å². The minimum Gasteiger partial charge on any atom is -0.135 e. The van der Waals surface area contributed by atoms with Crippen molar-refractivity contribution in [2.24, 2.45) is 0 Å². The molecule has 0 aliphatic carbocycles. The van der Waals surface area contributed by atoms with E-state index in [1.54, 1.807) is 0 Å². The molecule has 1 heteroatoms. The zero-order chi connectivity index (χ0) is 24.3. The van der Waals surface area contributed by atoms with Crippen LogP contribution in [-0.4, -0.2) is 0 Å². The van der Waals surface area contributed by atoms with Crippen LogP contribution in [-0.2, 0) is 0 Å². The van der Waals surface area contributed by atoms with Crippen LogP contribution in [0.3, 0.4) is 0 Å². The Hall–Kier alpha value is -4.46. The summed E-state index contributed by atoms with van der Waals surface area (Å²) in [5.41, 5.74) is 5.21. The second kappa shape index (κ2) is 8.03. The zero-order valence-electron chi connectivity index (χ0n) is 20.1. The Kier molecular flexibility index (Phi) is 4.49. The molecule has 8 aromatic rings. The molecule has 0 N–H and O–H groups in total. The summed E-state index contributed by atoms with van der Waals surface area (Å²) >= 11 is 1.92. The molecule has 0 atom stereocenters. The lowest BCUT2D eigenvalue weighted by molar-refractivity contribution is 1.67. The summed E-state index contributed by atoms with van der Waals surface area (Å²) in [5, 5.41) is 10.5. The van der Waals surface area contributed by atoms with Crippen molar-refractivity contribution in [3.05, 3.63) is 133 Å². The van der Waals surface area contributed by atoms with E-state index in [4.69, 9.17) is 0 Å². The van der Waals surface area contributed by atoms with E-state index >= 15 is 0 Å². The molecule has 0 spiro atoms. The van der Waals surface area contributed by atoms with Gasteiger partial charge in [0, 0.05) is 25.7 Å². The predicted molar refractivity (Wildman–Crippen MR) is 163 cm³/mol. The maximum absolute atomic E-state index is 2.36. The van der Waals surface area contributed by atoms with Crippen LogP contribution in [0.5, 0.6) is 0 Å². The fraction of sp³-hybridized carbons (Fsp3) is 0. The summed E-state index contributed by atoms with van der Waals surface area (Å²) in [7, 11) is 0. The Morgan fingerprint density at radius 2 is 0.919 bits per heavy atom. The second-order valence-electron chi connectivity index (χ2n) is 9.69. The topological polar surface area (TPSA) is 0 Å². The number of hydrogen-bond acceptors (Lipinski definition) is 1. The van der Waals surface area contributed by atoms with Gasteiger partial charge in [0.1, 0.15) is 0 Å². The van der Waals surface area contributed by atoms with Gasteiger partial charge in [-0.2, -0.15) is 0 Å². The molecule has 0 unspecified atom stereocenters. The van der Waals surface area contributed by atoms with Gasteiger partial charge >= 0.3 is 0 Å². The lowest BCUT2D eigenvalue weighted by Crippen LogP contribution is -1.90. The SMILES string of the molecule is c1ccc(-c2c3ccccc3c(-c3cccc4c3sc3cc5ccccc5cc34)c3ccccc23)cc1. The molecule has 172 valence electrons. The summed E-state index contributed by atoms with van der Waals surface area (Å²) in [6.45, 7) is 0. The number of rotatable bonds is 2. The molecule has 0 aliphatic heterocycles. The van der Waals surface area contributed by atoms with Crippen molar-refractivity contribution < 1.29 is 0 Å². The summed E-state index contributed by atoms with van der Waals surface area (Å²) in [6, 6.07) is 48.9. The van der Waals surface area contributed by atoms with Crippen molar-refractivity contribution in [2.45, 2.75) is 0 Å². The molecule has 0 fully saturated rings. The first-order valence-corrected chi connectivity index (χ1v) is 13.5. The van der Waals surface area contributed by atoms with Gasteiger partial charge in [0.25, 0.3) is 0 Å². The van der Waals surface area contributed by atoms with E-state index in [1.807, 2.05) is 11.3 Å². The standard InChI is InChI=1S/C36H22S/c1-2-11-23(12-3-1)34-26-15-6-8-17-28(26)35(29-18-9-7-16-27(29)34)31-20-10-19-30-32-21-24-13-4-5-14-25(24)22-33(32)37-36(30)31/h1-22H. The molecule has 0 radical (unpaired) electrons. The molecule has 1 heterocycles. The average molecular weight is 487 g/mol.